The van der Waals surface area contributed by atoms with Gasteiger partial charge in [0.25, 0.3) is 0 Å². The van der Waals surface area contributed by atoms with Gasteiger partial charge in [0.2, 0.25) is 0 Å². The molecule has 3 atom stereocenters. The smallest absolute Gasteiger partial charge is 0.128 e. The molecular formula is C17H27Cl2N3. The van der Waals surface area contributed by atoms with Gasteiger partial charge in [-0.2, -0.15) is 0 Å². The van der Waals surface area contributed by atoms with Crippen molar-refractivity contribution in [3.05, 3.63) is 24.4 Å². The fourth-order valence-corrected chi connectivity index (χ4v) is 4.59. The van der Waals surface area contributed by atoms with Crippen LogP contribution in [0.4, 0.5) is 5.82 Å². The molecule has 5 heteroatoms. The van der Waals surface area contributed by atoms with E-state index >= 15 is 0 Å². The number of nitrogens with zero attached hydrogens (tertiary/aromatic N) is 3. The van der Waals surface area contributed by atoms with E-state index < -0.39 is 0 Å². The fourth-order valence-electron chi connectivity index (χ4n) is 4.59. The second-order valence-electron chi connectivity index (χ2n) is 6.82. The molecule has 3 heterocycles. The summed E-state index contributed by atoms with van der Waals surface area (Å²) >= 11 is 0. The van der Waals surface area contributed by atoms with Crippen LogP contribution in [0.2, 0.25) is 0 Å². The number of piperazine rings is 1. The van der Waals surface area contributed by atoms with Crippen molar-refractivity contribution in [2.45, 2.75) is 38.1 Å². The molecule has 0 amide bonds. The molecule has 2 aliphatic heterocycles. The minimum Gasteiger partial charge on any atom is -0.354 e. The average Bonchev–Trinajstić information content (AvgIpc) is 2.53. The lowest BCUT2D eigenvalue weighted by Crippen LogP contribution is -2.58. The summed E-state index contributed by atoms with van der Waals surface area (Å²) in [7, 11) is 0. The number of aromatic nitrogens is 1. The predicted molar refractivity (Wildman–Crippen MR) is 96.4 cm³/mol. The zero-order chi connectivity index (χ0) is 13.4. The van der Waals surface area contributed by atoms with E-state index in [-0.39, 0.29) is 24.8 Å². The van der Waals surface area contributed by atoms with Crippen LogP contribution in [0.15, 0.2) is 24.4 Å². The molecule has 0 bridgehead atoms. The van der Waals surface area contributed by atoms with E-state index in [1.165, 1.54) is 51.7 Å². The molecule has 0 aromatic carbocycles. The second kappa shape index (κ2) is 7.85. The first-order valence-electron chi connectivity index (χ1n) is 8.30. The van der Waals surface area contributed by atoms with Crippen LogP contribution in [0.1, 0.15) is 32.1 Å². The minimum absolute atomic E-state index is 0. The number of fused-ring (bicyclic) bond motifs is 2. The van der Waals surface area contributed by atoms with Crippen LogP contribution in [0.3, 0.4) is 0 Å². The van der Waals surface area contributed by atoms with E-state index in [9.17, 15) is 0 Å². The summed E-state index contributed by atoms with van der Waals surface area (Å²) in [6.07, 6.45) is 9.25. The fraction of sp³-hybridized carbons (Fsp3) is 0.706. The lowest BCUT2D eigenvalue weighted by molar-refractivity contribution is 0.0319. The molecule has 3 nitrogen and oxygen atoms in total. The molecule has 1 saturated carbocycles. The van der Waals surface area contributed by atoms with Gasteiger partial charge >= 0.3 is 0 Å². The summed E-state index contributed by atoms with van der Waals surface area (Å²) in [5.41, 5.74) is 0. The number of hydrogen-bond acceptors (Lipinski definition) is 3. The van der Waals surface area contributed by atoms with Crippen molar-refractivity contribution in [2.24, 2.45) is 11.8 Å². The van der Waals surface area contributed by atoms with Gasteiger partial charge in [-0.15, -0.1) is 24.8 Å². The van der Waals surface area contributed by atoms with Gasteiger partial charge in [0.15, 0.2) is 0 Å². The van der Waals surface area contributed by atoms with Crippen LogP contribution in [0.25, 0.3) is 0 Å². The monoisotopic (exact) mass is 343 g/mol. The van der Waals surface area contributed by atoms with Gasteiger partial charge in [-0.1, -0.05) is 25.3 Å². The first kappa shape index (κ1) is 17.8. The number of hydrogen-bond donors (Lipinski definition) is 0. The van der Waals surface area contributed by atoms with Gasteiger partial charge in [-0.05, 0) is 36.8 Å². The van der Waals surface area contributed by atoms with Crippen LogP contribution >= 0.6 is 24.8 Å². The Labute approximate surface area is 146 Å². The van der Waals surface area contributed by atoms with Gasteiger partial charge in [0.05, 0.1) is 0 Å². The number of halogens is 2. The Kier molecular flexibility index (Phi) is 6.36. The van der Waals surface area contributed by atoms with Crippen LogP contribution in [-0.2, 0) is 0 Å². The Morgan fingerprint density at radius 3 is 2.55 bits per heavy atom. The standard InChI is InChI=1S/C17H25N3.2ClH/c1-2-6-15-12-19-9-10-20(17-7-3-4-8-18-17)13-16(19)11-14(15)5-1;;/h3-4,7-8,14-16H,1-2,5-6,9-13H2;2*1H/t14-,15+,16-;;/m1../s1. The lowest BCUT2D eigenvalue weighted by atomic mass is 9.72. The van der Waals surface area contributed by atoms with Crippen LogP contribution in [0.5, 0.6) is 0 Å². The summed E-state index contributed by atoms with van der Waals surface area (Å²) in [6, 6.07) is 7.03. The van der Waals surface area contributed by atoms with Crippen molar-refractivity contribution < 1.29 is 0 Å². The van der Waals surface area contributed by atoms with Crippen molar-refractivity contribution in [3.8, 4) is 0 Å². The van der Waals surface area contributed by atoms with Gasteiger partial charge in [0.1, 0.15) is 5.82 Å². The highest BCUT2D eigenvalue weighted by molar-refractivity contribution is 5.85. The molecule has 2 saturated heterocycles. The van der Waals surface area contributed by atoms with E-state index in [1.54, 1.807) is 0 Å². The molecule has 3 fully saturated rings. The van der Waals surface area contributed by atoms with Gasteiger partial charge < -0.3 is 4.90 Å². The molecule has 3 aliphatic rings. The maximum atomic E-state index is 4.53. The van der Waals surface area contributed by atoms with E-state index in [0.29, 0.717) is 0 Å². The minimum atomic E-state index is 0. The van der Waals surface area contributed by atoms with Gasteiger partial charge in [-0.25, -0.2) is 4.98 Å². The molecule has 0 radical (unpaired) electrons. The number of piperidine rings is 1. The zero-order valence-electron chi connectivity index (χ0n) is 13.1. The van der Waals surface area contributed by atoms with Crippen LogP contribution in [0, 0.1) is 11.8 Å². The summed E-state index contributed by atoms with van der Waals surface area (Å²) in [4.78, 5) is 9.79. The first-order valence-corrected chi connectivity index (χ1v) is 8.30. The highest BCUT2D eigenvalue weighted by Crippen LogP contribution is 2.39. The van der Waals surface area contributed by atoms with Crippen LogP contribution in [-0.4, -0.2) is 42.1 Å². The first-order chi connectivity index (χ1) is 9.90. The summed E-state index contributed by atoms with van der Waals surface area (Å²) in [5, 5.41) is 0. The highest BCUT2D eigenvalue weighted by Gasteiger charge is 2.39. The maximum absolute atomic E-state index is 4.53. The van der Waals surface area contributed by atoms with Gasteiger partial charge in [-0.3, -0.25) is 4.90 Å². The Morgan fingerprint density at radius 1 is 0.955 bits per heavy atom. The normalized spacial score (nSPS) is 31.3. The summed E-state index contributed by atoms with van der Waals surface area (Å²) < 4.78 is 0. The molecule has 0 spiro atoms. The topological polar surface area (TPSA) is 19.4 Å². The average molecular weight is 344 g/mol. The third-order valence-corrected chi connectivity index (χ3v) is 5.69. The lowest BCUT2D eigenvalue weighted by Gasteiger charge is -2.50. The van der Waals surface area contributed by atoms with Crippen molar-refractivity contribution in [1.82, 2.24) is 9.88 Å². The van der Waals surface area contributed by atoms with Crippen molar-refractivity contribution in [2.75, 3.05) is 31.1 Å². The molecule has 0 unspecified atom stereocenters. The Balaban J connectivity index is 0.000000882. The largest absolute Gasteiger partial charge is 0.354 e. The van der Waals surface area contributed by atoms with E-state index in [2.05, 4.69) is 26.9 Å². The predicted octanol–water partition coefficient (Wildman–Crippen LogP) is 3.63. The van der Waals surface area contributed by atoms with Crippen molar-refractivity contribution in [1.29, 1.82) is 0 Å². The molecule has 1 aromatic heterocycles. The molecule has 1 aliphatic carbocycles. The molecule has 22 heavy (non-hydrogen) atoms. The quantitative estimate of drug-likeness (QED) is 0.776. The molecule has 1 aromatic rings. The van der Waals surface area contributed by atoms with E-state index in [1.807, 2.05) is 12.3 Å². The van der Waals surface area contributed by atoms with E-state index in [0.717, 1.165) is 30.2 Å². The van der Waals surface area contributed by atoms with E-state index in [4.69, 9.17) is 0 Å². The summed E-state index contributed by atoms with van der Waals surface area (Å²) in [6.45, 7) is 4.92. The third kappa shape index (κ3) is 3.52. The SMILES string of the molecule is Cl.Cl.c1ccc(N2CCN3C[C@@H]4CCCC[C@@H]4C[C@@H]3C2)nc1. The highest BCUT2D eigenvalue weighted by atomic mass is 35.5. The molecule has 4 rings (SSSR count). The zero-order valence-corrected chi connectivity index (χ0v) is 14.7. The third-order valence-electron chi connectivity index (χ3n) is 5.69. The van der Waals surface area contributed by atoms with Crippen molar-refractivity contribution in [3.63, 3.8) is 0 Å². The summed E-state index contributed by atoms with van der Waals surface area (Å²) in [5.74, 6) is 3.17. The second-order valence-corrected chi connectivity index (χ2v) is 6.82. The van der Waals surface area contributed by atoms with Gasteiger partial charge in [0, 0.05) is 38.4 Å². The number of anilines is 1. The Morgan fingerprint density at radius 2 is 1.77 bits per heavy atom. The number of rotatable bonds is 1. The number of pyridine rings is 1. The molecule has 0 N–H and O–H groups in total. The van der Waals surface area contributed by atoms with Crippen molar-refractivity contribution >= 4 is 30.6 Å². The molecular weight excluding hydrogens is 317 g/mol. The maximum Gasteiger partial charge on any atom is 0.128 e. The Bertz CT molecular complexity index is 456. The molecule has 124 valence electrons. The Hall–Kier alpha value is -0.510. The van der Waals surface area contributed by atoms with Crippen LogP contribution < -0.4 is 4.90 Å².